The molecule has 1 aliphatic rings. The summed E-state index contributed by atoms with van der Waals surface area (Å²) in [6.07, 6.45) is 1.32. The third kappa shape index (κ3) is 4.24. The predicted molar refractivity (Wildman–Crippen MR) is 94.9 cm³/mol. The SMILES string of the molecule is O=C(NCc1ccc(F)cc1)C(=O)Nc1cccc(N2CCCC2=O)c1. The quantitative estimate of drug-likeness (QED) is 0.826. The van der Waals surface area contributed by atoms with Gasteiger partial charge >= 0.3 is 11.8 Å². The minimum absolute atomic E-state index is 0.0468. The normalized spacial score (nSPS) is 13.6. The second-order valence-electron chi connectivity index (χ2n) is 5.96. The fraction of sp³-hybridized carbons (Fsp3) is 0.211. The van der Waals surface area contributed by atoms with Crippen molar-refractivity contribution in [1.82, 2.24) is 5.32 Å². The molecule has 0 bridgehead atoms. The van der Waals surface area contributed by atoms with E-state index in [4.69, 9.17) is 0 Å². The summed E-state index contributed by atoms with van der Waals surface area (Å²) in [7, 11) is 0. The summed E-state index contributed by atoms with van der Waals surface area (Å²) >= 11 is 0. The van der Waals surface area contributed by atoms with Crippen molar-refractivity contribution >= 4 is 29.1 Å². The molecule has 0 aromatic heterocycles. The van der Waals surface area contributed by atoms with E-state index >= 15 is 0 Å². The molecule has 0 aliphatic carbocycles. The Kier molecular flexibility index (Phi) is 5.26. The highest BCUT2D eigenvalue weighted by Gasteiger charge is 2.22. The van der Waals surface area contributed by atoms with E-state index in [1.165, 1.54) is 24.3 Å². The van der Waals surface area contributed by atoms with Gasteiger partial charge in [-0.15, -0.1) is 0 Å². The van der Waals surface area contributed by atoms with Crippen LogP contribution in [0.4, 0.5) is 15.8 Å². The Morgan fingerprint density at radius 3 is 2.54 bits per heavy atom. The molecule has 0 radical (unpaired) electrons. The number of hydrogen-bond acceptors (Lipinski definition) is 3. The first-order valence-corrected chi connectivity index (χ1v) is 8.27. The van der Waals surface area contributed by atoms with Crippen LogP contribution in [0.2, 0.25) is 0 Å². The Balaban J connectivity index is 1.57. The maximum atomic E-state index is 12.8. The van der Waals surface area contributed by atoms with Crippen molar-refractivity contribution < 1.29 is 18.8 Å². The standard InChI is InChI=1S/C19H18FN3O3/c20-14-8-6-13(7-9-14)12-21-18(25)19(26)22-15-3-1-4-16(11-15)23-10-2-5-17(23)24/h1,3-4,6-9,11H,2,5,10,12H2,(H,21,25)(H,22,26). The van der Waals surface area contributed by atoms with Crippen LogP contribution in [-0.2, 0) is 20.9 Å². The fourth-order valence-corrected chi connectivity index (χ4v) is 2.73. The third-order valence-electron chi connectivity index (χ3n) is 4.06. The zero-order chi connectivity index (χ0) is 18.5. The molecule has 134 valence electrons. The number of nitrogens with one attached hydrogen (secondary N) is 2. The molecule has 0 unspecified atom stereocenters. The number of rotatable bonds is 4. The second-order valence-corrected chi connectivity index (χ2v) is 5.96. The van der Waals surface area contributed by atoms with Crippen LogP contribution < -0.4 is 15.5 Å². The number of amides is 3. The molecule has 7 heteroatoms. The van der Waals surface area contributed by atoms with Crippen LogP contribution in [0.25, 0.3) is 0 Å². The van der Waals surface area contributed by atoms with Gasteiger partial charge in [-0.05, 0) is 42.3 Å². The Bertz CT molecular complexity index is 836. The van der Waals surface area contributed by atoms with Gasteiger partial charge in [-0.3, -0.25) is 14.4 Å². The van der Waals surface area contributed by atoms with Crippen LogP contribution in [0.3, 0.4) is 0 Å². The van der Waals surface area contributed by atoms with Crippen molar-refractivity contribution in [3.63, 3.8) is 0 Å². The maximum Gasteiger partial charge on any atom is 0.313 e. The molecule has 6 nitrogen and oxygen atoms in total. The lowest BCUT2D eigenvalue weighted by Crippen LogP contribution is -2.35. The van der Waals surface area contributed by atoms with Crippen molar-refractivity contribution in [2.45, 2.75) is 19.4 Å². The third-order valence-corrected chi connectivity index (χ3v) is 4.06. The molecule has 3 amide bonds. The summed E-state index contributed by atoms with van der Waals surface area (Å²) in [6, 6.07) is 12.4. The smallest absolute Gasteiger partial charge is 0.313 e. The largest absolute Gasteiger partial charge is 0.344 e. The highest BCUT2D eigenvalue weighted by atomic mass is 19.1. The lowest BCUT2D eigenvalue weighted by molar-refractivity contribution is -0.136. The van der Waals surface area contributed by atoms with Gasteiger partial charge in [-0.1, -0.05) is 18.2 Å². The van der Waals surface area contributed by atoms with Gasteiger partial charge in [0.1, 0.15) is 5.82 Å². The van der Waals surface area contributed by atoms with Gasteiger partial charge in [0, 0.05) is 30.9 Å². The summed E-state index contributed by atoms with van der Waals surface area (Å²) in [6.45, 7) is 0.767. The van der Waals surface area contributed by atoms with E-state index < -0.39 is 11.8 Å². The van der Waals surface area contributed by atoms with E-state index in [0.29, 0.717) is 29.9 Å². The van der Waals surface area contributed by atoms with Crippen LogP contribution in [0, 0.1) is 5.82 Å². The van der Waals surface area contributed by atoms with Crippen molar-refractivity contribution in [1.29, 1.82) is 0 Å². The van der Waals surface area contributed by atoms with Crippen LogP contribution in [0.1, 0.15) is 18.4 Å². The van der Waals surface area contributed by atoms with Gasteiger partial charge in [0.05, 0.1) is 0 Å². The minimum atomic E-state index is -0.808. The number of anilines is 2. The summed E-state index contributed by atoms with van der Waals surface area (Å²) < 4.78 is 12.8. The van der Waals surface area contributed by atoms with Gasteiger partial charge in [-0.2, -0.15) is 0 Å². The molecule has 2 aromatic carbocycles. The second kappa shape index (κ2) is 7.77. The molecular formula is C19H18FN3O3. The number of carbonyl (C=O) groups is 3. The van der Waals surface area contributed by atoms with Crippen LogP contribution in [0.15, 0.2) is 48.5 Å². The number of halogens is 1. The van der Waals surface area contributed by atoms with Crippen LogP contribution in [-0.4, -0.2) is 24.3 Å². The Morgan fingerprint density at radius 1 is 1.08 bits per heavy atom. The molecule has 1 heterocycles. The molecule has 2 aromatic rings. The highest BCUT2D eigenvalue weighted by molar-refractivity contribution is 6.39. The molecule has 26 heavy (non-hydrogen) atoms. The molecular weight excluding hydrogens is 337 g/mol. The Labute approximate surface area is 150 Å². The van der Waals surface area contributed by atoms with E-state index in [9.17, 15) is 18.8 Å². The van der Waals surface area contributed by atoms with Crippen molar-refractivity contribution in [2.24, 2.45) is 0 Å². The number of nitrogens with zero attached hydrogens (tertiary/aromatic N) is 1. The Morgan fingerprint density at radius 2 is 1.85 bits per heavy atom. The maximum absolute atomic E-state index is 12.8. The van der Waals surface area contributed by atoms with Gasteiger partial charge in [-0.25, -0.2) is 4.39 Å². The summed E-state index contributed by atoms with van der Waals surface area (Å²) in [5.41, 5.74) is 1.81. The number of hydrogen-bond donors (Lipinski definition) is 2. The fourth-order valence-electron chi connectivity index (χ4n) is 2.73. The van der Waals surface area contributed by atoms with Crippen LogP contribution >= 0.6 is 0 Å². The van der Waals surface area contributed by atoms with E-state index in [1.807, 2.05) is 0 Å². The summed E-state index contributed by atoms with van der Waals surface area (Å²) in [4.78, 5) is 37.4. The average molecular weight is 355 g/mol. The molecule has 0 saturated carbocycles. The van der Waals surface area contributed by atoms with Gasteiger partial charge < -0.3 is 15.5 Å². The lowest BCUT2D eigenvalue weighted by atomic mass is 10.2. The molecule has 0 atom stereocenters. The monoisotopic (exact) mass is 355 g/mol. The van der Waals surface area contributed by atoms with Crippen molar-refractivity contribution in [2.75, 3.05) is 16.8 Å². The zero-order valence-electron chi connectivity index (χ0n) is 14.0. The first-order valence-electron chi connectivity index (χ1n) is 8.27. The molecule has 3 rings (SSSR count). The molecule has 2 N–H and O–H groups in total. The Hall–Kier alpha value is -3.22. The van der Waals surface area contributed by atoms with E-state index in [0.717, 1.165) is 6.42 Å². The molecule has 1 saturated heterocycles. The van der Waals surface area contributed by atoms with E-state index in [-0.39, 0.29) is 18.3 Å². The average Bonchev–Trinajstić information content (AvgIpc) is 3.07. The number of benzene rings is 2. The molecule has 0 spiro atoms. The summed E-state index contributed by atoms with van der Waals surface area (Å²) in [5.74, 6) is -1.92. The van der Waals surface area contributed by atoms with Crippen LogP contribution in [0.5, 0.6) is 0 Å². The first kappa shape index (κ1) is 17.6. The van der Waals surface area contributed by atoms with E-state index in [2.05, 4.69) is 10.6 Å². The van der Waals surface area contributed by atoms with Gasteiger partial charge in [0.15, 0.2) is 0 Å². The van der Waals surface area contributed by atoms with Gasteiger partial charge in [0.2, 0.25) is 5.91 Å². The minimum Gasteiger partial charge on any atom is -0.344 e. The molecule has 1 fully saturated rings. The number of carbonyl (C=O) groups excluding carboxylic acids is 3. The van der Waals surface area contributed by atoms with Gasteiger partial charge in [0.25, 0.3) is 0 Å². The lowest BCUT2D eigenvalue weighted by Gasteiger charge is -2.16. The highest BCUT2D eigenvalue weighted by Crippen LogP contribution is 2.24. The first-order chi connectivity index (χ1) is 12.5. The zero-order valence-corrected chi connectivity index (χ0v) is 14.0. The van der Waals surface area contributed by atoms with Crippen molar-refractivity contribution in [3.8, 4) is 0 Å². The molecule has 1 aliphatic heterocycles. The summed E-state index contributed by atoms with van der Waals surface area (Å²) in [5, 5.41) is 4.99. The predicted octanol–water partition coefficient (Wildman–Crippen LogP) is 2.21. The van der Waals surface area contributed by atoms with Crippen molar-refractivity contribution in [3.05, 3.63) is 59.9 Å². The van der Waals surface area contributed by atoms with E-state index in [1.54, 1.807) is 29.2 Å². The topological polar surface area (TPSA) is 78.5 Å².